The van der Waals surface area contributed by atoms with E-state index in [0.29, 0.717) is 41.7 Å². The van der Waals surface area contributed by atoms with Crippen LogP contribution < -0.4 is 9.64 Å². The molecule has 1 aliphatic heterocycles. The van der Waals surface area contributed by atoms with Crippen LogP contribution in [0.2, 0.25) is 10.0 Å². The number of aliphatic imine (C=N–C) groups is 1. The second-order valence-corrected chi connectivity index (χ2v) is 10.9. The topological polar surface area (TPSA) is 41.9 Å². The summed E-state index contributed by atoms with van der Waals surface area (Å²) in [5, 5.41) is 1.69. The first kappa shape index (κ1) is 26.5. The maximum Gasteiger partial charge on any atom is 0.271 e. The molecule has 190 valence electrons. The van der Waals surface area contributed by atoms with Gasteiger partial charge in [0.2, 0.25) is 0 Å². The summed E-state index contributed by atoms with van der Waals surface area (Å²) >= 11 is 16.9. The molecule has 0 saturated carbocycles. The fourth-order valence-corrected chi connectivity index (χ4v) is 5.42. The Morgan fingerprint density at radius 2 is 1.66 bits per heavy atom. The number of carbonyl (C=O) groups is 1. The minimum absolute atomic E-state index is 0.201. The third-order valence-corrected chi connectivity index (χ3v) is 7.57. The summed E-state index contributed by atoms with van der Waals surface area (Å²) in [5.41, 5.74) is 2.86. The molecule has 0 N–H and O–H groups in total. The zero-order valence-corrected chi connectivity index (χ0v) is 23.5. The Kier molecular flexibility index (Phi) is 8.19. The first-order chi connectivity index (χ1) is 18.4. The van der Waals surface area contributed by atoms with E-state index in [4.69, 9.17) is 32.9 Å². The molecule has 1 aliphatic rings. The van der Waals surface area contributed by atoms with Crippen LogP contribution in [0.5, 0.6) is 5.75 Å². The number of hydrogen-bond donors (Lipinski definition) is 0. The van der Waals surface area contributed by atoms with Gasteiger partial charge in [0.1, 0.15) is 18.2 Å². The number of rotatable bonds is 6. The van der Waals surface area contributed by atoms with Crippen molar-refractivity contribution in [3.8, 4) is 5.75 Å². The molecule has 38 heavy (non-hydrogen) atoms. The summed E-state index contributed by atoms with van der Waals surface area (Å²) in [4.78, 5) is 20.3. The van der Waals surface area contributed by atoms with E-state index in [1.165, 1.54) is 23.9 Å². The molecule has 0 aliphatic carbocycles. The van der Waals surface area contributed by atoms with Gasteiger partial charge in [0.25, 0.3) is 5.91 Å². The molecule has 4 aromatic carbocycles. The van der Waals surface area contributed by atoms with Gasteiger partial charge in [0.15, 0.2) is 5.17 Å². The van der Waals surface area contributed by atoms with Gasteiger partial charge in [0, 0.05) is 10.0 Å². The van der Waals surface area contributed by atoms with Crippen molar-refractivity contribution in [2.24, 2.45) is 4.99 Å². The maximum absolute atomic E-state index is 13.5. The number of thioether (sulfide) groups is 1. The van der Waals surface area contributed by atoms with Crippen molar-refractivity contribution in [2.45, 2.75) is 6.61 Å². The van der Waals surface area contributed by atoms with Crippen LogP contribution in [0.4, 0.5) is 15.8 Å². The molecule has 0 atom stereocenters. The van der Waals surface area contributed by atoms with Crippen LogP contribution in [0.1, 0.15) is 11.1 Å². The summed E-state index contributed by atoms with van der Waals surface area (Å²) in [6.45, 7) is 0.228. The fourth-order valence-electron chi connectivity index (χ4n) is 3.66. The third-order valence-electron chi connectivity index (χ3n) is 5.48. The molecule has 4 aromatic rings. The average molecular weight is 628 g/mol. The quantitative estimate of drug-likeness (QED) is 0.200. The van der Waals surface area contributed by atoms with E-state index in [2.05, 4.69) is 15.9 Å². The van der Waals surface area contributed by atoms with Gasteiger partial charge < -0.3 is 4.74 Å². The number of halogens is 4. The molecule has 1 heterocycles. The lowest BCUT2D eigenvalue weighted by atomic mass is 10.2. The Bertz CT molecular complexity index is 1560. The van der Waals surface area contributed by atoms with Crippen LogP contribution in [-0.2, 0) is 11.4 Å². The smallest absolute Gasteiger partial charge is 0.271 e. The summed E-state index contributed by atoms with van der Waals surface area (Å²) < 4.78 is 20.0. The fraction of sp³-hybridized carbons (Fsp3) is 0.0345. The van der Waals surface area contributed by atoms with E-state index >= 15 is 0 Å². The summed E-state index contributed by atoms with van der Waals surface area (Å²) in [6, 6.07) is 25.9. The van der Waals surface area contributed by atoms with Crippen molar-refractivity contribution in [3.05, 3.63) is 127 Å². The largest absolute Gasteiger partial charge is 0.488 e. The van der Waals surface area contributed by atoms with Gasteiger partial charge in [-0.15, -0.1) is 0 Å². The molecule has 0 spiro atoms. The number of carbonyl (C=O) groups excluding carboxylic acids is 1. The molecule has 4 nitrogen and oxygen atoms in total. The lowest BCUT2D eigenvalue weighted by Gasteiger charge is -2.15. The Hall–Kier alpha value is -3.10. The lowest BCUT2D eigenvalue weighted by molar-refractivity contribution is -0.113. The molecular formula is C29H18BrCl2FN2O2S. The van der Waals surface area contributed by atoms with Gasteiger partial charge in [-0.05, 0) is 118 Å². The highest BCUT2D eigenvalue weighted by Gasteiger charge is 2.34. The maximum atomic E-state index is 13.5. The predicted octanol–water partition coefficient (Wildman–Crippen LogP) is 9.28. The number of ether oxygens (including phenoxy) is 1. The number of hydrogen-bond acceptors (Lipinski definition) is 4. The van der Waals surface area contributed by atoms with Crippen molar-refractivity contribution in [1.82, 2.24) is 0 Å². The summed E-state index contributed by atoms with van der Waals surface area (Å²) in [6.07, 6.45) is 1.81. The van der Waals surface area contributed by atoms with E-state index < -0.39 is 0 Å². The number of benzene rings is 4. The third kappa shape index (κ3) is 6.30. The highest BCUT2D eigenvalue weighted by atomic mass is 79.9. The van der Waals surface area contributed by atoms with Crippen LogP contribution in [0.15, 0.2) is 105 Å². The summed E-state index contributed by atoms with van der Waals surface area (Å²) in [5.74, 6) is 0.0969. The van der Waals surface area contributed by atoms with Gasteiger partial charge in [-0.25, -0.2) is 9.38 Å². The molecule has 9 heteroatoms. The summed E-state index contributed by atoms with van der Waals surface area (Å²) in [7, 11) is 0. The SMILES string of the molecule is O=C1/C(=C/c2ccc(OCc3cccc(F)c3)c(Br)c2)SC(=Nc2ccc(Cl)cc2)N1c1ccc(Cl)cc1. The van der Waals surface area contributed by atoms with Crippen LogP contribution in [0, 0.1) is 5.82 Å². The van der Waals surface area contributed by atoms with E-state index in [1.807, 2.05) is 12.1 Å². The van der Waals surface area contributed by atoms with Gasteiger partial charge in [-0.1, -0.05) is 41.4 Å². The monoisotopic (exact) mass is 626 g/mol. The van der Waals surface area contributed by atoms with Crippen molar-refractivity contribution in [3.63, 3.8) is 0 Å². The molecule has 5 rings (SSSR count). The van der Waals surface area contributed by atoms with Crippen LogP contribution >= 0.6 is 50.9 Å². The Morgan fingerprint density at radius 1 is 0.947 bits per heavy atom. The normalized spacial score (nSPS) is 15.5. The van der Waals surface area contributed by atoms with Crippen LogP contribution in [0.25, 0.3) is 6.08 Å². The number of amidine groups is 1. The molecule has 0 unspecified atom stereocenters. The van der Waals surface area contributed by atoms with Crippen molar-refractivity contribution in [2.75, 3.05) is 4.90 Å². The van der Waals surface area contributed by atoms with Gasteiger partial charge in [0.05, 0.1) is 20.8 Å². The predicted molar refractivity (Wildman–Crippen MR) is 158 cm³/mol. The van der Waals surface area contributed by atoms with E-state index in [1.54, 1.807) is 77.7 Å². The molecule has 0 bridgehead atoms. The lowest BCUT2D eigenvalue weighted by Crippen LogP contribution is -2.28. The van der Waals surface area contributed by atoms with Gasteiger partial charge in [-0.2, -0.15) is 0 Å². The van der Waals surface area contributed by atoms with Crippen LogP contribution in [0.3, 0.4) is 0 Å². The minimum Gasteiger partial charge on any atom is -0.488 e. The Labute approximate surface area is 241 Å². The molecule has 1 amide bonds. The zero-order chi connectivity index (χ0) is 26.6. The first-order valence-corrected chi connectivity index (χ1v) is 13.7. The average Bonchev–Trinajstić information content (AvgIpc) is 3.19. The Morgan fingerprint density at radius 3 is 2.34 bits per heavy atom. The second-order valence-electron chi connectivity index (χ2n) is 8.21. The zero-order valence-electron chi connectivity index (χ0n) is 19.6. The van der Waals surface area contributed by atoms with Crippen LogP contribution in [-0.4, -0.2) is 11.1 Å². The van der Waals surface area contributed by atoms with Gasteiger partial charge in [-0.3, -0.25) is 9.69 Å². The second kappa shape index (κ2) is 11.7. The van der Waals surface area contributed by atoms with Crippen molar-refractivity contribution >= 4 is 79.4 Å². The molecule has 1 fully saturated rings. The molecule has 1 saturated heterocycles. The first-order valence-electron chi connectivity index (χ1n) is 11.4. The van der Waals surface area contributed by atoms with Crippen molar-refractivity contribution in [1.29, 1.82) is 0 Å². The molecular weight excluding hydrogens is 610 g/mol. The van der Waals surface area contributed by atoms with Crippen molar-refractivity contribution < 1.29 is 13.9 Å². The van der Waals surface area contributed by atoms with Gasteiger partial charge >= 0.3 is 0 Å². The standard InChI is InChI=1S/C29H18BrCl2FN2O2S/c30-25-15-18(4-13-26(25)37-17-19-2-1-3-22(33)14-19)16-27-28(36)35(24-11-7-21(32)8-12-24)29(38-27)34-23-9-5-20(31)6-10-23/h1-16H,17H2/b27-16-,34-29?. The highest BCUT2D eigenvalue weighted by molar-refractivity contribution is 9.10. The van der Waals surface area contributed by atoms with E-state index in [-0.39, 0.29) is 18.3 Å². The molecule has 0 radical (unpaired) electrons. The number of anilines is 1. The molecule has 0 aromatic heterocycles. The van der Waals surface area contributed by atoms with E-state index in [9.17, 15) is 9.18 Å². The minimum atomic E-state index is -0.308. The Balaban J connectivity index is 1.41. The number of amides is 1. The highest BCUT2D eigenvalue weighted by Crippen LogP contribution is 2.38. The van der Waals surface area contributed by atoms with E-state index in [0.717, 1.165) is 11.1 Å². The number of nitrogens with zero attached hydrogens (tertiary/aromatic N) is 2.